The Hall–Kier alpha value is -0.340. The van der Waals surface area contributed by atoms with E-state index in [9.17, 15) is 0 Å². The van der Waals surface area contributed by atoms with Gasteiger partial charge in [-0.25, -0.2) is 0 Å². The topological polar surface area (TPSA) is 20.2 Å². The normalized spacial score (nSPS) is 9.56. The maximum absolute atomic E-state index is 8.62. The number of halogens is 1. The van der Waals surface area contributed by atoms with Crippen molar-refractivity contribution in [3.05, 3.63) is 34.3 Å². The lowest BCUT2D eigenvalue weighted by atomic mass is 10.2. The second kappa shape index (κ2) is 2.99. The third kappa shape index (κ3) is 1.80. The Labute approximate surface area is 62.5 Å². The van der Waals surface area contributed by atoms with E-state index in [2.05, 4.69) is 22.0 Å². The molecule has 0 unspecified atom stereocenters. The van der Waals surface area contributed by atoms with Crippen molar-refractivity contribution in [2.45, 2.75) is 6.61 Å². The van der Waals surface area contributed by atoms with Gasteiger partial charge in [-0.2, -0.15) is 0 Å². The highest BCUT2D eigenvalue weighted by atomic mass is 79.9. The SMILES string of the molecule is OCc1c[c]cc(Br)c1. The maximum atomic E-state index is 8.62. The zero-order valence-corrected chi connectivity index (χ0v) is 6.35. The van der Waals surface area contributed by atoms with E-state index in [0.29, 0.717) is 0 Å². The summed E-state index contributed by atoms with van der Waals surface area (Å²) in [5.74, 6) is 0. The van der Waals surface area contributed by atoms with Crippen molar-refractivity contribution >= 4 is 15.9 Å². The summed E-state index contributed by atoms with van der Waals surface area (Å²) in [7, 11) is 0. The monoisotopic (exact) mass is 185 g/mol. The van der Waals surface area contributed by atoms with E-state index in [0.717, 1.165) is 10.0 Å². The smallest absolute Gasteiger partial charge is 0.0682 e. The first-order valence-corrected chi connectivity index (χ1v) is 3.38. The largest absolute Gasteiger partial charge is 0.392 e. The fourth-order valence-electron chi connectivity index (χ4n) is 0.580. The molecule has 0 amide bonds. The van der Waals surface area contributed by atoms with Gasteiger partial charge in [0.25, 0.3) is 0 Å². The van der Waals surface area contributed by atoms with E-state index < -0.39 is 0 Å². The summed E-state index contributed by atoms with van der Waals surface area (Å²) < 4.78 is 0.953. The van der Waals surface area contributed by atoms with Gasteiger partial charge in [0.1, 0.15) is 0 Å². The molecule has 47 valence electrons. The molecule has 0 bridgehead atoms. The lowest BCUT2D eigenvalue weighted by molar-refractivity contribution is 0.282. The number of hydrogen-bond acceptors (Lipinski definition) is 1. The highest BCUT2D eigenvalue weighted by molar-refractivity contribution is 9.10. The van der Waals surface area contributed by atoms with Crippen LogP contribution in [0, 0.1) is 6.07 Å². The Morgan fingerprint density at radius 2 is 2.33 bits per heavy atom. The van der Waals surface area contributed by atoms with Gasteiger partial charge in [0, 0.05) is 4.47 Å². The van der Waals surface area contributed by atoms with Crippen molar-refractivity contribution in [3.63, 3.8) is 0 Å². The molecule has 0 aliphatic heterocycles. The molecule has 0 fully saturated rings. The number of rotatable bonds is 1. The van der Waals surface area contributed by atoms with Crippen LogP contribution < -0.4 is 0 Å². The molecule has 1 radical (unpaired) electrons. The summed E-state index contributed by atoms with van der Waals surface area (Å²) in [4.78, 5) is 0. The fraction of sp³-hybridized carbons (Fsp3) is 0.143. The molecule has 1 rings (SSSR count). The molecular weight excluding hydrogens is 180 g/mol. The van der Waals surface area contributed by atoms with Crippen LogP contribution in [0.25, 0.3) is 0 Å². The van der Waals surface area contributed by atoms with E-state index in [1.165, 1.54) is 0 Å². The van der Waals surface area contributed by atoms with Crippen LogP contribution in [0.15, 0.2) is 22.7 Å². The molecule has 0 spiro atoms. The third-order valence-electron chi connectivity index (χ3n) is 0.996. The first-order chi connectivity index (χ1) is 4.33. The van der Waals surface area contributed by atoms with Crippen LogP contribution in [0.5, 0.6) is 0 Å². The lowest BCUT2D eigenvalue weighted by Gasteiger charge is -1.93. The van der Waals surface area contributed by atoms with Crippen LogP contribution in [0.2, 0.25) is 0 Å². The van der Waals surface area contributed by atoms with Crippen molar-refractivity contribution in [2.75, 3.05) is 0 Å². The van der Waals surface area contributed by atoms with Crippen LogP contribution in [0.1, 0.15) is 5.56 Å². The summed E-state index contributed by atoms with van der Waals surface area (Å²) in [6.45, 7) is 0.0793. The Bertz CT molecular complexity index is 198. The Morgan fingerprint density at radius 3 is 2.78 bits per heavy atom. The number of benzene rings is 1. The molecule has 0 heterocycles. The van der Waals surface area contributed by atoms with E-state index in [1.807, 2.05) is 6.07 Å². The first-order valence-electron chi connectivity index (χ1n) is 2.59. The molecule has 0 saturated carbocycles. The van der Waals surface area contributed by atoms with Gasteiger partial charge in [-0.05, 0) is 29.8 Å². The second-order valence-corrected chi connectivity index (χ2v) is 2.63. The molecule has 1 aromatic rings. The lowest BCUT2D eigenvalue weighted by Crippen LogP contribution is -1.80. The van der Waals surface area contributed by atoms with Crippen LogP contribution in [0.4, 0.5) is 0 Å². The average Bonchev–Trinajstić information content (AvgIpc) is 1.88. The van der Waals surface area contributed by atoms with Gasteiger partial charge in [0.15, 0.2) is 0 Å². The quantitative estimate of drug-likeness (QED) is 0.708. The summed E-state index contributed by atoms with van der Waals surface area (Å²) in [6, 6.07) is 8.29. The van der Waals surface area contributed by atoms with Gasteiger partial charge in [-0.3, -0.25) is 0 Å². The first kappa shape index (κ1) is 6.78. The molecule has 1 N–H and O–H groups in total. The molecule has 1 nitrogen and oxygen atoms in total. The highest BCUT2D eigenvalue weighted by Gasteiger charge is 1.88. The third-order valence-corrected chi connectivity index (χ3v) is 1.45. The predicted molar refractivity (Wildman–Crippen MR) is 38.9 cm³/mol. The minimum atomic E-state index is 0.0793. The van der Waals surface area contributed by atoms with Crippen molar-refractivity contribution in [1.82, 2.24) is 0 Å². The molecule has 9 heavy (non-hydrogen) atoms. The zero-order chi connectivity index (χ0) is 6.69. The van der Waals surface area contributed by atoms with Crippen LogP contribution in [-0.4, -0.2) is 5.11 Å². The molecule has 0 aliphatic rings. The van der Waals surface area contributed by atoms with Crippen molar-refractivity contribution < 1.29 is 5.11 Å². The van der Waals surface area contributed by atoms with Gasteiger partial charge in [-0.1, -0.05) is 15.9 Å². The number of aliphatic hydroxyl groups excluding tert-OH is 1. The zero-order valence-electron chi connectivity index (χ0n) is 4.76. The van der Waals surface area contributed by atoms with Gasteiger partial charge < -0.3 is 5.11 Å². The van der Waals surface area contributed by atoms with Crippen LogP contribution in [0.3, 0.4) is 0 Å². The molecule has 0 aromatic heterocycles. The van der Waals surface area contributed by atoms with Gasteiger partial charge >= 0.3 is 0 Å². The minimum absolute atomic E-state index is 0.0793. The van der Waals surface area contributed by atoms with Gasteiger partial charge in [0.05, 0.1) is 6.61 Å². The van der Waals surface area contributed by atoms with Crippen LogP contribution >= 0.6 is 15.9 Å². The number of hydrogen-bond donors (Lipinski definition) is 1. The standard InChI is InChI=1S/C7H6BrO/c8-7-3-1-2-6(4-7)5-9/h2-4,9H,5H2. The molecule has 1 aromatic carbocycles. The van der Waals surface area contributed by atoms with Crippen LogP contribution in [-0.2, 0) is 6.61 Å². The van der Waals surface area contributed by atoms with Crippen molar-refractivity contribution in [1.29, 1.82) is 0 Å². The summed E-state index contributed by atoms with van der Waals surface area (Å²) >= 11 is 3.26. The van der Waals surface area contributed by atoms with Gasteiger partial charge in [-0.15, -0.1) is 0 Å². The fourth-order valence-corrected chi connectivity index (χ4v) is 1.01. The van der Waals surface area contributed by atoms with Crippen molar-refractivity contribution in [2.24, 2.45) is 0 Å². The molecular formula is C7H6BrO. The average molecular weight is 186 g/mol. The molecule has 0 aliphatic carbocycles. The summed E-state index contributed by atoms with van der Waals surface area (Å²) in [5.41, 5.74) is 0.879. The Balaban J connectivity index is 2.94. The summed E-state index contributed by atoms with van der Waals surface area (Å²) in [6.07, 6.45) is 0. The van der Waals surface area contributed by atoms with Gasteiger partial charge in [0.2, 0.25) is 0 Å². The molecule has 2 heteroatoms. The van der Waals surface area contributed by atoms with Crippen molar-refractivity contribution in [3.8, 4) is 0 Å². The van der Waals surface area contributed by atoms with E-state index in [1.54, 1.807) is 12.1 Å². The van der Waals surface area contributed by atoms with E-state index in [4.69, 9.17) is 5.11 Å². The maximum Gasteiger partial charge on any atom is 0.0682 e. The highest BCUT2D eigenvalue weighted by Crippen LogP contribution is 2.10. The Morgan fingerprint density at radius 1 is 1.56 bits per heavy atom. The second-order valence-electron chi connectivity index (χ2n) is 1.72. The van der Waals surface area contributed by atoms with E-state index >= 15 is 0 Å². The molecule has 0 atom stereocenters. The number of aliphatic hydroxyl groups is 1. The minimum Gasteiger partial charge on any atom is -0.392 e. The van der Waals surface area contributed by atoms with E-state index in [-0.39, 0.29) is 6.61 Å². The Kier molecular flexibility index (Phi) is 2.25. The molecule has 0 saturated heterocycles. The predicted octanol–water partition coefficient (Wildman–Crippen LogP) is 1.74. The summed E-state index contributed by atoms with van der Waals surface area (Å²) in [5, 5.41) is 8.62.